The summed E-state index contributed by atoms with van der Waals surface area (Å²) in [4.78, 5) is 7.61. The van der Waals surface area contributed by atoms with E-state index in [1.54, 1.807) is 7.11 Å². The van der Waals surface area contributed by atoms with E-state index in [1.165, 1.54) is 6.33 Å². The zero-order chi connectivity index (χ0) is 6.69. The average Bonchev–Trinajstić information content (AvgIpc) is 1.88. The number of rotatable bonds is 1. The number of nitrogens with zero attached hydrogens (tertiary/aromatic N) is 2. The molecule has 0 bridgehead atoms. The van der Waals surface area contributed by atoms with Crippen LogP contribution in [0.25, 0.3) is 0 Å². The number of aromatic nitrogens is 2. The molecule has 0 aliphatic carbocycles. The second kappa shape index (κ2) is 2.44. The Hall–Kier alpha value is -1.12. The smallest absolute Gasteiger partial charge is 0.224 e. The molecule has 3 heteroatoms. The van der Waals surface area contributed by atoms with Gasteiger partial charge in [-0.25, -0.2) is 9.97 Å². The maximum absolute atomic E-state index is 4.79. The molecular weight excluding hydrogens is 116 g/mol. The summed E-state index contributed by atoms with van der Waals surface area (Å²) in [7, 11) is 1.55. The second-order valence-corrected chi connectivity index (χ2v) is 1.59. The molecule has 47 valence electrons. The van der Waals surface area contributed by atoms with Crippen molar-refractivity contribution in [1.82, 2.24) is 9.97 Å². The molecule has 1 radical (unpaired) electrons. The Labute approximate surface area is 53.7 Å². The van der Waals surface area contributed by atoms with Gasteiger partial charge in [-0.2, -0.15) is 0 Å². The SMILES string of the molecule is COc1[c]c(C)ncn1. The third kappa shape index (κ3) is 1.38. The standard InChI is InChI=1S/C6H7N2O/c1-5-3-6(9-2)8-4-7-5/h4H,1-2H3. The van der Waals surface area contributed by atoms with E-state index >= 15 is 0 Å². The predicted octanol–water partition coefficient (Wildman–Crippen LogP) is 0.594. The molecule has 1 heterocycles. The van der Waals surface area contributed by atoms with E-state index in [-0.39, 0.29) is 0 Å². The highest BCUT2D eigenvalue weighted by molar-refractivity contribution is 5.08. The molecule has 0 amide bonds. The van der Waals surface area contributed by atoms with E-state index in [2.05, 4.69) is 16.0 Å². The largest absolute Gasteiger partial charge is 0.480 e. The van der Waals surface area contributed by atoms with Gasteiger partial charge >= 0.3 is 0 Å². The third-order valence-electron chi connectivity index (χ3n) is 0.908. The minimum Gasteiger partial charge on any atom is -0.480 e. The number of hydrogen-bond donors (Lipinski definition) is 0. The van der Waals surface area contributed by atoms with E-state index < -0.39 is 0 Å². The molecule has 0 aromatic carbocycles. The molecule has 9 heavy (non-hydrogen) atoms. The minimum atomic E-state index is 0.488. The second-order valence-electron chi connectivity index (χ2n) is 1.59. The summed E-state index contributed by atoms with van der Waals surface area (Å²) in [6, 6.07) is 2.81. The normalized spacial score (nSPS) is 9.11. The van der Waals surface area contributed by atoms with Crippen LogP contribution in [0.1, 0.15) is 5.69 Å². The zero-order valence-corrected chi connectivity index (χ0v) is 5.38. The fraction of sp³-hybridized carbons (Fsp3) is 0.333. The van der Waals surface area contributed by atoms with Gasteiger partial charge in [0.1, 0.15) is 6.33 Å². The summed E-state index contributed by atoms with van der Waals surface area (Å²) >= 11 is 0. The molecule has 0 aliphatic heterocycles. The Morgan fingerprint density at radius 1 is 1.56 bits per heavy atom. The maximum Gasteiger partial charge on any atom is 0.224 e. The lowest BCUT2D eigenvalue weighted by atomic mass is 10.4. The van der Waals surface area contributed by atoms with E-state index in [9.17, 15) is 0 Å². The molecule has 0 fully saturated rings. The summed E-state index contributed by atoms with van der Waals surface area (Å²) < 4.78 is 4.79. The number of aryl methyl sites for hydroxylation is 1. The van der Waals surface area contributed by atoms with Gasteiger partial charge in [0.05, 0.1) is 18.9 Å². The molecule has 0 aliphatic rings. The highest BCUT2D eigenvalue weighted by atomic mass is 16.5. The van der Waals surface area contributed by atoms with Gasteiger partial charge in [-0.1, -0.05) is 0 Å². The highest BCUT2D eigenvalue weighted by Crippen LogP contribution is 2.01. The predicted molar refractivity (Wildman–Crippen MR) is 32.2 cm³/mol. The van der Waals surface area contributed by atoms with Crippen LogP contribution in [0.3, 0.4) is 0 Å². The van der Waals surface area contributed by atoms with E-state index in [1.807, 2.05) is 6.92 Å². The van der Waals surface area contributed by atoms with Crippen LogP contribution in [0.5, 0.6) is 5.88 Å². The van der Waals surface area contributed by atoms with E-state index in [4.69, 9.17) is 4.74 Å². The van der Waals surface area contributed by atoms with Crippen molar-refractivity contribution in [2.24, 2.45) is 0 Å². The Morgan fingerprint density at radius 2 is 2.33 bits per heavy atom. The monoisotopic (exact) mass is 123 g/mol. The fourth-order valence-electron chi connectivity index (χ4n) is 0.491. The van der Waals surface area contributed by atoms with Crippen LogP contribution in [0, 0.1) is 13.0 Å². The lowest BCUT2D eigenvalue weighted by molar-refractivity contribution is 0.395. The van der Waals surface area contributed by atoms with Crippen LogP contribution < -0.4 is 4.74 Å². The van der Waals surface area contributed by atoms with Crippen LogP contribution in [0.15, 0.2) is 6.33 Å². The van der Waals surface area contributed by atoms with Gasteiger partial charge < -0.3 is 4.74 Å². The van der Waals surface area contributed by atoms with Crippen molar-refractivity contribution in [3.63, 3.8) is 0 Å². The van der Waals surface area contributed by atoms with Crippen LogP contribution >= 0.6 is 0 Å². The first kappa shape index (κ1) is 6.01. The molecule has 0 saturated carbocycles. The van der Waals surface area contributed by atoms with Crippen molar-refractivity contribution < 1.29 is 4.74 Å². The molecule has 0 N–H and O–H groups in total. The molecular formula is C6H7N2O. The van der Waals surface area contributed by atoms with Crippen molar-refractivity contribution >= 4 is 0 Å². The first-order chi connectivity index (χ1) is 4.33. The first-order valence-electron chi connectivity index (χ1n) is 2.58. The summed E-state index contributed by atoms with van der Waals surface area (Å²) in [6.45, 7) is 1.84. The first-order valence-corrected chi connectivity index (χ1v) is 2.58. The van der Waals surface area contributed by atoms with Gasteiger partial charge in [0.2, 0.25) is 5.88 Å². The lowest BCUT2D eigenvalue weighted by Gasteiger charge is -1.94. The molecule has 1 aromatic heterocycles. The molecule has 0 saturated heterocycles. The van der Waals surface area contributed by atoms with Gasteiger partial charge in [0.15, 0.2) is 0 Å². The number of ether oxygens (including phenoxy) is 1. The van der Waals surface area contributed by atoms with Gasteiger partial charge in [-0.3, -0.25) is 0 Å². The Balaban J connectivity index is 2.94. The lowest BCUT2D eigenvalue weighted by Crippen LogP contribution is -1.89. The van der Waals surface area contributed by atoms with Crippen molar-refractivity contribution in [2.45, 2.75) is 6.92 Å². The summed E-state index contributed by atoms with van der Waals surface area (Å²) in [6.07, 6.45) is 1.45. The quantitative estimate of drug-likeness (QED) is 0.548. The average molecular weight is 123 g/mol. The Bertz CT molecular complexity index is 200. The molecule has 3 nitrogen and oxygen atoms in total. The maximum atomic E-state index is 4.79. The molecule has 0 unspecified atom stereocenters. The Kier molecular flexibility index (Phi) is 1.63. The summed E-state index contributed by atoms with van der Waals surface area (Å²) in [5.41, 5.74) is 0.793. The molecule has 1 rings (SSSR count). The topological polar surface area (TPSA) is 35.0 Å². The summed E-state index contributed by atoms with van der Waals surface area (Å²) in [5.74, 6) is 0.488. The van der Waals surface area contributed by atoms with Crippen LogP contribution in [-0.4, -0.2) is 17.1 Å². The van der Waals surface area contributed by atoms with Crippen LogP contribution in [0.4, 0.5) is 0 Å². The molecule has 0 atom stereocenters. The molecule has 0 spiro atoms. The number of methoxy groups -OCH3 is 1. The van der Waals surface area contributed by atoms with Crippen molar-refractivity contribution in [3.05, 3.63) is 18.1 Å². The van der Waals surface area contributed by atoms with E-state index in [0.717, 1.165) is 5.69 Å². The minimum absolute atomic E-state index is 0.488. The third-order valence-corrected chi connectivity index (χ3v) is 0.908. The zero-order valence-electron chi connectivity index (χ0n) is 5.38. The van der Waals surface area contributed by atoms with Crippen molar-refractivity contribution in [3.8, 4) is 5.88 Å². The van der Waals surface area contributed by atoms with Crippen LogP contribution in [-0.2, 0) is 0 Å². The Morgan fingerprint density at radius 3 is 2.78 bits per heavy atom. The molecule has 1 aromatic rings. The van der Waals surface area contributed by atoms with Gasteiger partial charge in [-0.15, -0.1) is 0 Å². The van der Waals surface area contributed by atoms with Gasteiger partial charge in [0, 0.05) is 0 Å². The summed E-state index contributed by atoms with van der Waals surface area (Å²) in [5, 5.41) is 0. The van der Waals surface area contributed by atoms with E-state index in [0.29, 0.717) is 5.88 Å². The van der Waals surface area contributed by atoms with Crippen molar-refractivity contribution in [1.29, 1.82) is 0 Å². The van der Waals surface area contributed by atoms with Crippen molar-refractivity contribution in [2.75, 3.05) is 7.11 Å². The van der Waals surface area contributed by atoms with Gasteiger partial charge in [-0.05, 0) is 6.92 Å². The van der Waals surface area contributed by atoms with Gasteiger partial charge in [0.25, 0.3) is 0 Å². The number of hydrogen-bond acceptors (Lipinski definition) is 3. The van der Waals surface area contributed by atoms with Crippen LogP contribution in [0.2, 0.25) is 0 Å². The fourth-order valence-corrected chi connectivity index (χ4v) is 0.491. The highest BCUT2D eigenvalue weighted by Gasteiger charge is 1.90.